The normalized spacial score (nSPS) is 32.9. The summed E-state index contributed by atoms with van der Waals surface area (Å²) in [5.74, 6) is -0.668. The van der Waals surface area contributed by atoms with Crippen molar-refractivity contribution in [1.29, 1.82) is 0 Å². The number of ketones is 1. The summed E-state index contributed by atoms with van der Waals surface area (Å²) >= 11 is 0. The summed E-state index contributed by atoms with van der Waals surface area (Å²) in [6, 6.07) is 3.25. The van der Waals surface area contributed by atoms with Gasteiger partial charge in [0.25, 0.3) is 0 Å². The zero-order chi connectivity index (χ0) is 19.5. The standard InChI is InChI=1S/C20H24O7/c1-20(2,25)16-7-11-14(27-16)4-3-10(18(11)23)12-8-26-15-6-9(21)5-13(22)17(15)19(12)24/h3-4,8-9,13,15-17,21-23,25H,5-7H2,1-2H3. The minimum absolute atomic E-state index is 0.0776. The molecule has 27 heavy (non-hydrogen) atoms. The number of phenols is 1. The van der Waals surface area contributed by atoms with Gasteiger partial charge in [-0.2, -0.15) is 0 Å². The number of hydrogen-bond donors (Lipinski definition) is 4. The largest absolute Gasteiger partial charge is 0.507 e. The molecule has 2 heterocycles. The minimum atomic E-state index is -1.07. The quantitative estimate of drug-likeness (QED) is 0.606. The fourth-order valence-corrected chi connectivity index (χ4v) is 4.17. The molecule has 7 nitrogen and oxygen atoms in total. The number of Topliss-reactive ketones (excluding diaryl/α,β-unsaturated/α-hetero) is 1. The highest BCUT2D eigenvalue weighted by molar-refractivity contribution is 6.23. The zero-order valence-electron chi connectivity index (χ0n) is 15.3. The molecule has 5 unspecified atom stereocenters. The van der Waals surface area contributed by atoms with Gasteiger partial charge in [0.2, 0.25) is 0 Å². The summed E-state index contributed by atoms with van der Waals surface area (Å²) in [5.41, 5.74) is -0.0289. The minimum Gasteiger partial charge on any atom is -0.507 e. The van der Waals surface area contributed by atoms with Crippen LogP contribution < -0.4 is 4.74 Å². The van der Waals surface area contributed by atoms with Crippen LogP contribution in [0.2, 0.25) is 0 Å². The van der Waals surface area contributed by atoms with E-state index < -0.39 is 35.9 Å². The summed E-state index contributed by atoms with van der Waals surface area (Å²) in [6.07, 6.45) is -0.718. The highest BCUT2D eigenvalue weighted by atomic mass is 16.5. The van der Waals surface area contributed by atoms with E-state index in [0.717, 1.165) is 0 Å². The van der Waals surface area contributed by atoms with Gasteiger partial charge >= 0.3 is 0 Å². The van der Waals surface area contributed by atoms with Gasteiger partial charge in [0.05, 0.1) is 35.6 Å². The van der Waals surface area contributed by atoms with Gasteiger partial charge in [0.1, 0.15) is 23.7 Å². The Morgan fingerprint density at radius 1 is 1.19 bits per heavy atom. The highest BCUT2D eigenvalue weighted by Crippen LogP contribution is 2.44. The molecule has 146 valence electrons. The van der Waals surface area contributed by atoms with Crippen LogP contribution in [0.4, 0.5) is 0 Å². The number of aromatic hydroxyl groups is 1. The van der Waals surface area contributed by atoms with Gasteiger partial charge in [0.15, 0.2) is 5.78 Å². The fraction of sp³-hybridized carbons (Fsp3) is 0.550. The smallest absolute Gasteiger partial charge is 0.176 e. The molecule has 0 saturated heterocycles. The van der Waals surface area contributed by atoms with Crippen LogP contribution in [0.25, 0.3) is 5.57 Å². The maximum atomic E-state index is 13.0. The Morgan fingerprint density at radius 3 is 2.63 bits per heavy atom. The molecule has 2 aliphatic heterocycles. The van der Waals surface area contributed by atoms with Crippen molar-refractivity contribution >= 4 is 11.4 Å². The maximum Gasteiger partial charge on any atom is 0.176 e. The number of aliphatic hydroxyl groups excluding tert-OH is 2. The third kappa shape index (κ3) is 2.99. The molecule has 1 saturated carbocycles. The first-order chi connectivity index (χ1) is 12.7. The van der Waals surface area contributed by atoms with E-state index >= 15 is 0 Å². The number of allylic oxidation sites excluding steroid dienone is 1. The zero-order valence-corrected chi connectivity index (χ0v) is 15.3. The Kier molecular flexibility index (Phi) is 4.21. The lowest BCUT2D eigenvalue weighted by molar-refractivity contribution is -0.137. The first-order valence-electron chi connectivity index (χ1n) is 9.17. The molecule has 0 spiro atoms. The Hall–Kier alpha value is -2.09. The van der Waals surface area contributed by atoms with Crippen LogP contribution in [0.1, 0.15) is 37.8 Å². The van der Waals surface area contributed by atoms with Gasteiger partial charge in [-0.25, -0.2) is 0 Å². The average Bonchev–Trinajstić information content (AvgIpc) is 3.01. The number of carbonyl (C=O) groups excluding carboxylic acids is 1. The SMILES string of the molecule is CC(C)(O)C1Cc2c(ccc(C3=COC4CC(O)CC(O)C4C3=O)c2O)O1. The van der Waals surface area contributed by atoms with E-state index in [-0.39, 0.29) is 29.9 Å². The van der Waals surface area contributed by atoms with Crippen molar-refractivity contribution < 1.29 is 34.7 Å². The van der Waals surface area contributed by atoms with Crippen LogP contribution in [0.3, 0.4) is 0 Å². The molecule has 1 fully saturated rings. The summed E-state index contributed by atoms with van der Waals surface area (Å²) in [4.78, 5) is 13.0. The van der Waals surface area contributed by atoms with E-state index in [9.17, 15) is 25.2 Å². The molecule has 1 aliphatic carbocycles. The number of hydrogen-bond acceptors (Lipinski definition) is 7. The monoisotopic (exact) mass is 376 g/mol. The third-order valence-electron chi connectivity index (χ3n) is 5.74. The van der Waals surface area contributed by atoms with Crippen LogP contribution >= 0.6 is 0 Å². The second kappa shape index (κ2) is 6.22. The Balaban J connectivity index is 1.67. The predicted molar refractivity (Wildman–Crippen MR) is 95.1 cm³/mol. The van der Waals surface area contributed by atoms with Crippen LogP contribution in [0.15, 0.2) is 18.4 Å². The van der Waals surface area contributed by atoms with Gasteiger partial charge in [-0.1, -0.05) is 0 Å². The Morgan fingerprint density at radius 2 is 1.93 bits per heavy atom. The molecule has 1 aromatic carbocycles. The van der Waals surface area contributed by atoms with Gasteiger partial charge in [-0.05, 0) is 26.0 Å². The molecule has 0 radical (unpaired) electrons. The molecular weight excluding hydrogens is 352 g/mol. The van der Waals surface area contributed by atoms with Crippen molar-refractivity contribution in [2.45, 2.75) is 63.1 Å². The van der Waals surface area contributed by atoms with Crippen molar-refractivity contribution in [3.8, 4) is 11.5 Å². The number of phenolic OH excluding ortho intramolecular Hbond substituents is 1. The van der Waals surface area contributed by atoms with Gasteiger partial charge in [0, 0.05) is 30.4 Å². The van der Waals surface area contributed by atoms with Crippen LogP contribution in [0.5, 0.6) is 11.5 Å². The van der Waals surface area contributed by atoms with E-state index in [4.69, 9.17) is 9.47 Å². The second-order valence-electron chi connectivity index (χ2n) is 8.19. The van der Waals surface area contributed by atoms with E-state index in [2.05, 4.69) is 0 Å². The summed E-state index contributed by atoms with van der Waals surface area (Å²) in [5, 5.41) is 41.0. The van der Waals surface area contributed by atoms with E-state index in [0.29, 0.717) is 23.3 Å². The Bertz CT molecular complexity index is 807. The number of fused-ring (bicyclic) bond motifs is 2. The number of ether oxygens (including phenoxy) is 2. The maximum absolute atomic E-state index is 13.0. The van der Waals surface area contributed by atoms with Crippen molar-refractivity contribution in [3.63, 3.8) is 0 Å². The number of rotatable bonds is 2. The summed E-state index contributed by atoms with van der Waals surface area (Å²) in [6.45, 7) is 3.28. The molecule has 0 bridgehead atoms. The van der Waals surface area contributed by atoms with Gasteiger partial charge in [-0.15, -0.1) is 0 Å². The lowest BCUT2D eigenvalue weighted by Crippen LogP contribution is -2.48. The number of aliphatic hydroxyl groups is 3. The molecule has 5 atom stereocenters. The lowest BCUT2D eigenvalue weighted by atomic mass is 9.75. The van der Waals surface area contributed by atoms with Crippen LogP contribution in [-0.2, 0) is 16.0 Å². The van der Waals surface area contributed by atoms with Crippen molar-refractivity contribution in [3.05, 3.63) is 29.5 Å². The van der Waals surface area contributed by atoms with Crippen molar-refractivity contribution in [1.82, 2.24) is 0 Å². The lowest BCUT2D eigenvalue weighted by Gasteiger charge is -2.39. The molecule has 0 aromatic heterocycles. The van der Waals surface area contributed by atoms with E-state index in [1.165, 1.54) is 6.26 Å². The fourth-order valence-electron chi connectivity index (χ4n) is 4.17. The van der Waals surface area contributed by atoms with Gasteiger partial charge < -0.3 is 29.9 Å². The number of carbonyl (C=O) groups is 1. The molecule has 1 aromatic rings. The summed E-state index contributed by atoms with van der Waals surface area (Å²) in [7, 11) is 0. The van der Waals surface area contributed by atoms with E-state index in [1.54, 1.807) is 26.0 Å². The predicted octanol–water partition coefficient (Wildman–Crippen LogP) is 0.907. The topological polar surface area (TPSA) is 116 Å². The van der Waals surface area contributed by atoms with Crippen molar-refractivity contribution in [2.75, 3.05) is 0 Å². The van der Waals surface area contributed by atoms with Crippen LogP contribution in [-0.4, -0.2) is 56.2 Å². The van der Waals surface area contributed by atoms with Crippen LogP contribution in [0, 0.1) is 5.92 Å². The molecule has 7 heteroatoms. The molecular formula is C20H24O7. The summed E-state index contributed by atoms with van der Waals surface area (Å²) < 4.78 is 11.3. The van der Waals surface area contributed by atoms with Crippen molar-refractivity contribution in [2.24, 2.45) is 5.92 Å². The molecule has 3 aliphatic rings. The average molecular weight is 376 g/mol. The van der Waals surface area contributed by atoms with E-state index in [1.807, 2.05) is 0 Å². The third-order valence-corrected chi connectivity index (χ3v) is 5.74. The van der Waals surface area contributed by atoms with Gasteiger partial charge in [-0.3, -0.25) is 4.79 Å². The number of benzene rings is 1. The Labute approximate surface area is 156 Å². The highest BCUT2D eigenvalue weighted by Gasteiger charge is 2.46. The molecule has 4 rings (SSSR count). The first kappa shape index (κ1) is 18.3. The second-order valence-corrected chi connectivity index (χ2v) is 8.19. The first-order valence-corrected chi connectivity index (χ1v) is 9.17. The molecule has 4 N–H and O–H groups in total. The molecule has 0 amide bonds.